The Morgan fingerprint density at radius 3 is 3.20 bits per heavy atom. The van der Waals surface area contributed by atoms with E-state index in [0.29, 0.717) is 6.04 Å². The minimum atomic E-state index is 0.419. The van der Waals surface area contributed by atoms with Gasteiger partial charge < -0.3 is 4.74 Å². The molecule has 0 unspecified atom stereocenters. The first-order valence-corrected chi connectivity index (χ1v) is 3.40. The topological polar surface area (TPSA) is 39.9 Å². The van der Waals surface area contributed by atoms with Crippen molar-refractivity contribution in [3.8, 4) is 0 Å². The summed E-state index contributed by atoms with van der Waals surface area (Å²) in [5, 5.41) is 7.61. The van der Waals surface area contributed by atoms with Crippen LogP contribution in [-0.4, -0.2) is 28.2 Å². The van der Waals surface area contributed by atoms with Crippen LogP contribution in [0.15, 0.2) is 12.4 Å². The van der Waals surface area contributed by atoms with Crippen LogP contribution in [0.5, 0.6) is 0 Å². The highest BCUT2D eigenvalue weighted by Crippen LogP contribution is 2.15. The number of aromatic nitrogens is 3. The molecule has 2 rings (SSSR count). The van der Waals surface area contributed by atoms with Crippen LogP contribution in [-0.2, 0) is 4.74 Å². The molecule has 10 heavy (non-hydrogen) atoms. The molecule has 0 bridgehead atoms. The molecule has 54 valence electrons. The van der Waals surface area contributed by atoms with Crippen molar-refractivity contribution >= 4 is 0 Å². The summed E-state index contributed by atoms with van der Waals surface area (Å²) >= 11 is 0. The molecule has 1 fully saturated rings. The lowest BCUT2D eigenvalue weighted by Crippen LogP contribution is -2.08. The Morgan fingerprint density at radius 1 is 1.60 bits per heavy atom. The predicted octanol–water partition coefficient (Wildman–Crippen LogP) is 0.239. The van der Waals surface area contributed by atoms with Gasteiger partial charge in [-0.1, -0.05) is 5.21 Å². The molecule has 1 aliphatic heterocycles. The fourth-order valence-electron chi connectivity index (χ4n) is 1.14. The van der Waals surface area contributed by atoms with E-state index in [1.807, 2.05) is 10.9 Å². The molecule has 0 amide bonds. The van der Waals surface area contributed by atoms with Gasteiger partial charge in [-0.05, 0) is 6.42 Å². The SMILES string of the molecule is c1cn([C@H]2CCOC2)nn1. The fraction of sp³-hybridized carbons (Fsp3) is 0.667. The van der Waals surface area contributed by atoms with Gasteiger partial charge in [-0.25, -0.2) is 4.68 Å². The number of hydrogen-bond donors (Lipinski definition) is 0. The maximum absolute atomic E-state index is 5.19. The number of hydrogen-bond acceptors (Lipinski definition) is 3. The lowest BCUT2D eigenvalue weighted by molar-refractivity contribution is 0.184. The molecular weight excluding hydrogens is 130 g/mol. The maximum Gasteiger partial charge on any atom is 0.0792 e. The van der Waals surface area contributed by atoms with Gasteiger partial charge in [-0.2, -0.15) is 0 Å². The van der Waals surface area contributed by atoms with Gasteiger partial charge >= 0.3 is 0 Å². The van der Waals surface area contributed by atoms with Gasteiger partial charge in [0, 0.05) is 12.8 Å². The minimum Gasteiger partial charge on any atom is -0.379 e. The number of rotatable bonds is 1. The molecule has 2 heterocycles. The van der Waals surface area contributed by atoms with E-state index in [1.54, 1.807) is 6.20 Å². The molecule has 0 N–H and O–H groups in total. The Bertz CT molecular complexity index is 191. The van der Waals surface area contributed by atoms with Crippen molar-refractivity contribution < 1.29 is 4.74 Å². The Morgan fingerprint density at radius 2 is 2.60 bits per heavy atom. The standard InChI is InChI=1S/C6H9N3O/c1-4-10-5-6(1)9-3-2-7-8-9/h2-3,6H,1,4-5H2/t6-/m0/s1. The molecular formula is C6H9N3O. The van der Waals surface area contributed by atoms with Crippen LogP contribution in [0.1, 0.15) is 12.5 Å². The van der Waals surface area contributed by atoms with Gasteiger partial charge in [0.05, 0.1) is 18.8 Å². The van der Waals surface area contributed by atoms with Crippen LogP contribution >= 0.6 is 0 Å². The number of nitrogens with zero attached hydrogens (tertiary/aromatic N) is 3. The zero-order valence-electron chi connectivity index (χ0n) is 5.60. The molecule has 0 radical (unpaired) electrons. The van der Waals surface area contributed by atoms with E-state index in [1.165, 1.54) is 0 Å². The molecule has 0 spiro atoms. The van der Waals surface area contributed by atoms with E-state index in [-0.39, 0.29) is 0 Å². The lowest BCUT2D eigenvalue weighted by Gasteiger charge is -2.04. The van der Waals surface area contributed by atoms with E-state index >= 15 is 0 Å². The average Bonchev–Trinajstić information content (AvgIpc) is 2.59. The highest BCUT2D eigenvalue weighted by Gasteiger charge is 2.17. The summed E-state index contributed by atoms with van der Waals surface area (Å²) in [6.45, 7) is 1.63. The first-order chi connectivity index (χ1) is 4.97. The second kappa shape index (κ2) is 2.38. The normalized spacial score (nSPS) is 25.4. The zero-order chi connectivity index (χ0) is 6.81. The minimum absolute atomic E-state index is 0.419. The van der Waals surface area contributed by atoms with Crippen LogP contribution in [0.2, 0.25) is 0 Å². The predicted molar refractivity (Wildman–Crippen MR) is 34.5 cm³/mol. The third-order valence-electron chi connectivity index (χ3n) is 1.72. The molecule has 1 aromatic heterocycles. The largest absolute Gasteiger partial charge is 0.379 e. The monoisotopic (exact) mass is 139 g/mol. The van der Waals surface area contributed by atoms with E-state index in [0.717, 1.165) is 19.6 Å². The van der Waals surface area contributed by atoms with Crippen LogP contribution in [0.4, 0.5) is 0 Å². The van der Waals surface area contributed by atoms with Gasteiger partial charge in [0.1, 0.15) is 0 Å². The Hall–Kier alpha value is -0.900. The molecule has 4 nitrogen and oxygen atoms in total. The van der Waals surface area contributed by atoms with Crippen LogP contribution in [0, 0.1) is 0 Å². The fourth-order valence-corrected chi connectivity index (χ4v) is 1.14. The summed E-state index contributed by atoms with van der Waals surface area (Å²) in [5.74, 6) is 0. The smallest absolute Gasteiger partial charge is 0.0792 e. The van der Waals surface area contributed by atoms with Crippen molar-refractivity contribution in [2.24, 2.45) is 0 Å². The molecule has 0 saturated carbocycles. The first kappa shape index (κ1) is 5.85. The summed E-state index contributed by atoms with van der Waals surface area (Å²) in [5.41, 5.74) is 0. The molecule has 4 heteroatoms. The molecule has 1 saturated heterocycles. The van der Waals surface area contributed by atoms with Gasteiger partial charge in [0.25, 0.3) is 0 Å². The van der Waals surface area contributed by atoms with E-state index in [4.69, 9.17) is 4.74 Å². The van der Waals surface area contributed by atoms with Crippen molar-refractivity contribution in [3.63, 3.8) is 0 Å². The average molecular weight is 139 g/mol. The van der Waals surface area contributed by atoms with Crippen molar-refractivity contribution in [1.82, 2.24) is 15.0 Å². The summed E-state index contributed by atoms with van der Waals surface area (Å²) in [7, 11) is 0. The van der Waals surface area contributed by atoms with Crippen molar-refractivity contribution in [1.29, 1.82) is 0 Å². The van der Waals surface area contributed by atoms with Crippen molar-refractivity contribution in [2.75, 3.05) is 13.2 Å². The highest BCUT2D eigenvalue weighted by molar-refractivity contribution is 4.74. The van der Waals surface area contributed by atoms with Gasteiger partial charge in [0.2, 0.25) is 0 Å². The van der Waals surface area contributed by atoms with Gasteiger partial charge in [-0.3, -0.25) is 0 Å². The van der Waals surface area contributed by atoms with Crippen LogP contribution < -0.4 is 0 Å². The Balaban J connectivity index is 2.12. The van der Waals surface area contributed by atoms with Gasteiger partial charge in [-0.15, -0.1) is 5.10 Å². The lowest BCUT2D eigenvalue weighted by atomic mass is 10.3. The molecule has 0 aliphatic carbocycles. The number of ether oxygens (including phenoxy) is 1. The van der Waals surface area contributed by atoms with Crippen molar-refractivity contribution in [2.45, 2.75) is 12.5 Å². The van der Waals surface area contributed by atoms with Gasteiger partial charge in [0.15, 0.2) is 0 Å². The molecule has 1 aliphatic rings. The van der Waals surface area contributed by atoms with Crippen molar-refractivity contribution in [3.05, 3.63) is 12.4 Å². The maximum atomic E-state index is 5.19. The second-order valence-electron chi connectivity index (χ2n) is 2.40. The Labute approximate surface area is 58.8 Å². The first-order valence-electron chi connectivity index (χ1n) is 3.40. The second-order valence-corrected chi connectivity index (χ2v) is 2.40. The summed E-state index contributed by atoms with van der Waals surface area (Å²) in [6.07, 6.45) is 4.63. The highest BCUT2D eigenvalue weighted by atomic mass is 16.5. The van der Waals surface area contributed by atoms with E-state index in [9.17, 15) is 0 Å². The summed E-state index contributed by atoms with van der Waals surface area (Å²) < 4.78 is 7.05. The van der Waals surface area contributed by atoms with Crippen LogP contribution in [0.3, 0.4) is 0 Å². The molecule has 1 atom stereocenters. The zero-order valence-corrected chi connectivity index (χ0v) is 5.60. The third-order valence-corrected chi connectivity index (χ3v) is 1.72. The molecule has 1 aromatic rings. The summed E-state index contributed by atoms with van der Waals surface area (Å²) in [6, 6.07) is 0.419. The van der Waals surface area contributed by atoms with E-state index in [2.05, 4.69) is 10.3 Å². The Kier molecular flexibility index (Phi) is 1.39. The van der Waals surface area contributed by atoms with Crippen LogP contribution in [0.25, 0.3) is 0 Å². The quantitative estimate of drug-likeness (QED) is 0.559. The summed E-state index contributed by atoms with van der Waals surface area (Å²) in [4.78, 5) is 0. The third kappa shape index (κ3) is 0.903. The van der Waals surface area contributed by atoms with E-state index < -0.39 is 0 Å². The molecule has 0 aromatic carbocycles.